The van der Waals surface area contributed by atoms with E-state index in [2.05, 4.69) is 52.9 Å². The third-order valence-electron chi connectivity index (χ3n) is 5.82. The number of rotatable bonds is 11. The van der Waals surface area contributed by atoms with E-state index in [4.69, 9.17) is 5.11 Å². The van der Waals surface area contributed by atoms with Crippen molar-refractivity contribution in [3.63, 3.8) is 0 Å². The van der Waals surface area contributed by atoms with E-state index in [0.29, 0.717) is 17.9 Å². The number of nitrogens with zero attached hydrogens (tertiary/aromatic N) is 2. The summed E-state index contributed by atoms with van der Waals surface area (Å²) in [6.07, 6.45) is 2.78. The van der Waals surface area contributed by atoms with Gasteiger partial charge in [0, 0.05) is 6.20 Å². The van der Waals surface area contributed by atoms with Crippen LogP contribution in [0, 0.1) is 0 Å². The average molecular weight is 483 g/mol. The first-order chi connectivity index (χ1) is 16.1. The van der Waals surface area contributed by atoms with Crippen LogP contribution in [0.4, 0.5) is 5.82 Å². The van der Waals surface area contributed by atoms with Gasteiger partial charge >= 0.3 is 5.97 Å². The highest BCUT2D eigenvalue weighted by Crippen LogP contribution is 2.28. The van der Waals surface area contributed by atoms with E-state index in [0.717, 1.165) is 12.0 Å². The number of carbonyl (C=O) groups is 1. The second kappa shape index (κ2) is 10.8. The number of carboxylic acid groups (broad SMARTS) is 1. The van der Waals surface area contributed by atoms with E-state index < -0.39 is 22.0 Å². The van der Waals surface area contributed by atoms with Gasteiger partial charge in [-0.1, -0.05) is 57.2 Å². The highest BCUT2D eigenvalue weighted by atomic mass is 32.2. The lowest BCUT2D eigenvalue weighted by Crippen LogP contribution is -2.31. The Hall–Kier alpha value is -3.30. The highest BCUT2D eigenvalue weighted by Gasteiger charge is 2.24. The number of benzene rings is 1. The molecule has 1 unspecified atom stereocenters. The second-order valence-corrected chi connectivity index (χ2v) is 10.3. The summed E-state index contributed by atoms with van der Waals surface area (Å²) in [4.78, 5) is 19.3. The predicted octanol–water partition coefficient (Wildman–Crippen LogP) is 3.92. The van der Waals surface area contributed by atoms with Crippen LogP contribution in [0.3, 0.4) is 0 Å². The van der Waals surface area contributed by atoms with Crippen LogP contribution in [0.2, 0.25) is 0 Å². The number of aliphatic carboxylic acids is 1. The molecule has 0 saturated carbocycles. The molecule has 8 nitrogen and oxygen atoms in total. The molecule has 0 saturated heterocycles. The molecule has 2 aromatic heterocycles. The van der Waals surface area contributed by atoms with Crippen molar-refractivity contribution in [2.75, 3.05) is 11.9 Å². The Bertz CT molecular complexity index is 1210. The fraction of sp³-hybridized carbons (Fsp3) is 0.320. The van der Waals surface area contributed by atoms with Crippen molar-refractivity contribution in [2.45, 2.75) is 50.1 Å². The van der Waals surface area contributed by atoms with Gasteiger partial charge < -0.3 is 10.4 Å². The fourth-order valence-electron chi connectivity index (χ4n) is 3.40. The van der Waals surface area contributed by atoms with Crippen LogP contribution in [0.1, 0.15) is 50.1 Å². The zero-order valence-electron chi connectivity index (χ0n) is 19.5. The van der Waals surface area contributed by atoms with Crippen LogP contribution in [0.15, 0.2) is 71.9 Å². The van der Waals surface area contributed by atoms with Crippen molar-refractivity contribution in [3.05, 3.63) is 83.7 Å². The lowest BCUT2D eigenvalue weighted by atomic mass is 9.82. The first-order valence-corrected chi connectivity index (χ1v) is 12.5. The summed E-state index contributed by atoms with van der Waals surface area (Å²) in [5.41, 5.74) is 2.66. The largest absolute Gasteiger partial charge is 0.480 e. The van der Waals surface area contributed by atoms with Gasteiger partial charge in [-0.15, -0.1) is 0 Å². The van der Waals surface area contributed by atoms with Gasteiger partial charge in [0.2, 0.25) is 0 Å². The number of pyridine rings is 2. The zero-order chi connectivity index (χ0) is 24.8. The maximum absolute atomic E-state index is 13.0. The normalized spacial score (nSPS) is 12.8. The Morgan fingerprint density at radius 3 is 2.41 bits per heavy atom. The molecule has 0 amide bonds. The molecule has 0 aliphatic carbocycles. The first kappa shape index (κ1) is 25.3. The first-order valence-electron chi connectivity index (χ1n) is 11.1. The minimum absolute atomic E-state index is 0.0458. The molecule has 34 heavy (non-hydrogen) atoms. The molecule has 0 bridgehead atoms. The number of hydrogen-bond acceptors (Lipinski definition) is 6. The van der Waals surface area contributed by atoms with Crippen molar-refractivity contribution in [3.8, 4) is 0 Å². The molecule has 1 atom stereocenters. The van der Waals surface area contributed by atoms with E-state index in [1.165, 1.54) is 17.8 Å². The van der Waals surface area contributed by atoms with Crippen LogP contribution in [0.25, 0.3) is 0 Å². The number of aromatic nitrogens is 2. The summed E-state index contributed by atoms with van der Waals surface area (Å²) in [6.45, 7) is 6.22. The van der Waals surface area contributed by atoms with E-state index >= 15 is 0 Å². The van der Waals surface area contributed by atoms with Crippen molar-refractivity contribution >= 4 is 21.8 Å². The second-order valence-electron chi connectivity index (χ2n) is 8.68. The molecule has 3 rings (SSSR count). The fourth-order valence-corrected chi connectivity index (χ4v) is 4.56. The van der Waals surface area contributed by atoms with Gasteiger partial charge in [0.05, 0.1) is 11.7 Å². The van der Waals surface area contributed by atoms with Crippen molar-refractivity contribution in [2.24, 2.45) is 0 Å². The van der Waals surface area contributed by atoms with Gasteiger partial charge in [0.25, 0.3) is 10.0 Å². The Kier molecular flexibility index (Phi) is 8.01. The van der Waals surface area contributed by atoms with Gasteiger partial charge in [-0.3, -0.25) is 4.79 Å². The van der Waals surface area contributed by atoms with Crippen molar-refractivity contribution in [1.82, 2.24) is 14.7 Å². The van der Waals surface area contributed by atoms with E-state index in [1.807, 2.05) is 12.1 Å². The zero-order valence-corrected chi connectivity index (χ0v) is 20.3. The summed E-state index contributed by atoms with van der Waals surface area (Å²) in [5.74, 6) is -0.670. The lowest BCUT2D eigenvalue weighted by molar-refractivity contribution is -0.134. The van der Waals surface area contributed by atoms with Gasteiger partial charge in [0.15, 0.2) is 5.03 Å². The maximum Gasteiger partial charge on any atom is 0.322 e. The van der Waals surface area contributed by atoms with Crippen LogP contribution < -0.4 is 10.0 Å². The summed E-state index contributed by atoms with van der Waals surface area (Å²) < 4.78 is 28.8. The quantitative estimate of drug-likeness (QED) is 0.379. The van der Waals surface area contributed by atoms with E-state index in [-0.39, 0.29) is 17.0 Å². The molecule has 3 N–H and O–H groups in total. The van der Waals surface area contributed by atoms with Crippen LogP contribution in [-0.2, 0) is 26.7 Å². The predicted molar refractivity (Wildman–Crippen MR) is 131 cm³/mol. The Labute approximate surface area is 200 Å². The van der Waals surface area contributed by atoms with Gasteiger partial charge in [-0.05, 0) is 53.6 Å². The average Bonchev–Trinajstić information content (AvgIpc) is 2.83. The van der Waals surface area contributed by atoms with Gasteiger partial charge in [0.1, 0.15) is 12.4 Å². The molecule has 2 heterocycles. The Balaban J connectivity index is 1.92. The van der Waals surface area contributed by atoms with Crippen molar-refractivity contribution < 1.29 is 18.3 Å². The minimum atomic E-state index is -3.92. The smallest absolute Gasteiger partial charge is 0.322 e. The topological polar surface area (TPSA) is 121 Å². The molecule has 1 aromatic carbocycles. The lowest BCUT2D eigenvalue weighted by Gasteiger charge is -2.24. The molecule has 0 aliphatic rings. The Morgan fingerprint density at radius 2 is 1.79 bits per heavy atom. The van der Waals surface area contributed by atoms with Crippen LogP contribution in [-0.4, -0.2) is 36.0 Å². The van der Waals surface area contributed by atoms with Crippen LogP contribution >= 0.6 is 0 Å². The molecule has 9 heteroatoms. The minimum Gasteiger partial charge on any atom is -0.480 e. The molecule has 0 spiro atoms. The highest BCUT2D eigenvalue weighted by molar-refractivity contribution is 7.89. The summed E-state index contributed by atoms with van der Waals surface area (Å²) >= 11 is 0. The summed E-state index contributed by atoms with van der Waals surface area (Å²) in [7, 11) is -3.92. The number of hydrogen-bond donors (Lipinski definition) is 3. The third kappa shape index (κ3) is 6.61. The molecule has 0 aliphatic heterocycles. The number of sulfonamides is 1. The van der Waals surface area contributed by atoms with Gasteiger partial charge in [-0.25, -0.2) is 23.1 Å². The molecule has 180 valence electrons. The SMILES string of the molecule is CCC(C)(C)c1ccc(CC(NS(=O)(=O)c2ccccn2)c2cccc(NCC(=O)O)n2)cc1. The summed E-state index contributed by atoms with van der Waals surface area (Å²) in [6, 6.07) is 17.2. The van der Waals surface area contributed by atoms with Crippen LogP contribution in [0.5, 0.6) is 0 Å². The maximum atomic E-state index is 13.0. The van der Waals surface area contributed by atoms with Crippen molar-refractivity contribution in [1.29, 1.82) is 0 Å². The van der Waals surface area contributed by atoms with Gasteiger partial charge in [-0.2, -0.15) is 0 Å². The molecule has 0 radical (unpaired) electrons. The van der Waals surface area contributed by atoms with E-state index in [1.54, 1.807) is 30.3 Å². The molecule has 3 aromatic rings. The monoisotopic (exact) mass is 482 g/mol. The van der Waals surface area contributed by atoms with E-state index in [9.17, 15) is 13.2 Å². The summed E-state index contributed by atoms with van der Waals surface area (Å²) in [5, 5.41) is 11.6. The number of nitrogens with one attached hydrogen (secondary N) is 2. The Morgan fingerprint density at radius 1 is 1.06 bits per heavy atom. The standard InChI is InChI=1S/C25H30N4O4S/c1-4-25(2,3)19-13-11-18(12-14-19)16-21(29-34(32,33)23-10-5-6-15-26-23)20-8-7-9-22(28-20)27-17-24(30)31/h5-15,21,29H,4,16-17H2,1-3H3,(H,27,28)(H,30,31). The molecular weight excluding hydrogens is 452 g/mol. The molecular formula is C25H30N4O4S. The number of anilines is 1. The molecule has 0 fully saturated rings. The number of carboxylic acids is 1. The third-order valence-corrected chi connectivity index (χ3v) is 7.20.